The Hall–Kier alpha value is -1.43. The van der Waals surface area contributed by atoms with Gasteiger partial charge in [0.25, 0.3) is 0 Å². The third kappa shape index (κ3) is 2.25. The van der Waals surface area contributed by atoms with E-state index in [0.717, 1.165) is 19.4 Å². The van der Waals surface area contributed by atoms with Crippen LogP contribution in [0, 0.1) is 5.92 Å². The van der Waals surface area contributed by atoms with E-state index >= 15 is 0 Å². The minimum Gasteiger partial charge on any atom is -0.304 e. The van der Waals surface area contributed by atoms with Crippen LogP contribution in [-0.2, 0) is 9.59 Å². The molecular weight excluding hydrogens is 234 g/mol. The van der Waals surface area contributed by atoms with E-state index in [2.05, 4.69) is 10.2 Å². The molecule has 0 saturated carbocycles. The van der Waals surface area contributed by atoms with E-state index in [1.165, 1.54) is 4.90 Å². The van der Waals surface area contributed by atoms with Crippen molar-refractivity contribution in [2.24, 2.45) is 5.92 Å². The van der Waals surface area contributed by atoms with Gasteiger partial charge in [-0.05, 0) is 26.4 Å². The molecule has 1 N–H and O–H groups in total. The number of barbiturate groups is 1. The van der Waals surface area contributed by atoms with Gasteiger partial charge in [0.05, 0.1) is 6.04 Å². The summed E-state index contributed by atoms with van der Waals surface area (Å²) in [5.41, 5.74) is 0. The lowest BCUT2D eigenvalue weighted by Gasteiger charge is -2.33. The first-order valence-corrected chi connectivity index (χ1v) is 6.41. The summed E-state index contributed by atoms with van der Waals surface area (Å²) in [7, 11) is 1.96. The number of likely N-dealkylation sites (tertiary alicyclic amines) is 1. The van der Waals surface area contributed by atoms with Crippen LogP contribution in [0.4, 0.5) is 4.79 Å². The van der Waals surface area contributed by atoms with Crippen molar-refractivity contribution in [1.82, 2.24) is 15.1 Å². The third-order valence-corrected chi connectivity index (χ3v) is 3.61. The zero-order valence-electron chi connectivity index (χ0n) is 10.8. The van der Waals surface area contributed by atoms with E-state index in [0.29, 0.717) is 13.0 Å². The molecule has 2 rings (SSSR count). The summed E-state index contributed by atoms with van der Waals surface area (Å²) in [6.07, 6.45) is 2.02. The molecule has 2 atom stereocenters. The fraction of sp³-hybridized carbons (Fsp3) is 0.750. The number of carbonyl (C=O) groups is 3. The van der Waals surface area contributed by atoms with Crippen molar-refractivity contribution in [2.45, 2.75) is 32.2 Å². The van der Waals surface area contributed by atoms with Crippen molar-refractivity contribution >= 4 is 17.8 Å². The predicted octanol–water partition coefficient (Wildman–Crippen LogP) is 0.185. The zero-order chi connectivity index (χ0) is 13.3. The summed E-state index contributed by atoms with van der Waals surface area (Å²) in [5.74, 6) is -1.47. The van der Waals surface area contributed by atoms with E-state index < -0.39 is 17.9 Å². The highest BCUT2D eigenvalue weighted by Crippen LogP contribution is 2.22. The smallest absolute Gasteiger partial charge is 0.304 e. The first kappa shape index (κ1) is 13.0. The summed E-state index contributed by atoms with van der Waals surface area (Å²) >= 11 is 0. The number of nitrogens with zero attached hydrogens (tertiary/aromatic N) is 2. The van der Waals surface area contributed by atoms with E-state index in [1.54, 1.807) is 0 Å². The molecule has 2 unspecified atom stereocenters. The van der Waals surface area contributed by atoms with Gasteiger partial charge < -0.3 is 4.90 Å². The largest absolute Gasteiger partial charge is 0.331 e. The maximum atomic E-state index is 12.3. The molecule has 0 aromatic heterocycles. The molecule has 2 fully saturated rings. The Morgan fingerprint density at radius 1 is 1.33 bits per heavy atom. The molecule has 2 saturated heterocycles. The van der Waals surface area contributed by atoms with Crippen LogP contribution in [0.2, 0.25) is 0 Å². The molecule has 2 heterocycles. The maximum absolute atomic E-state index is 12.3. The Labute approximate surface area is 106 Å². The minimum atomic E-state index is -0.696. The standard InChI is InChI=1S/C12H19N3O3/c1-3-4-9-10(16)13-12(18)15(11(9)17)8-5-6-14(2)7-8/h8-9H,3-7H2,1-2H3,(H,13,16,18). The van der Waals surface area contributed by atoms with Crippen LogP contribution in [-0.4, -0.2) is 53.8 Å². The van der Waals surface area contributed by atoms with Crippen LogP contribution >= 0.6 is 0 Å². The number of likely N-dealkylation sites (N-methyl/N-ethyl adjacent to an activating group) is 1. The van der Waals surface area contributed by atoms with Crippen LogP contribution in [0.1, 0.15) is 26.2 Å². The van der Waals surface area contributed by atoms with E-state index in [4.69, 9.17) is 0 Å². The van der Waals surface area contributed by atoms with Crippen molar-refractivity contribution in [3.05, 3.63) is 0 Å². The molecule has 6 heteroatoms. The van der Waals surface area contributed by atoms with Crippen LogP contribution in [0.25, 0.3) is 0 Å². The molecule has 18 heavy (non-hydrogen) atoms. The number of hydrogen-bond donors (Lipinski definition) is 1. The Morgan fingerprint density at radius 2 is 2.06 bits per heavy atom. The quantitative estimate of drug-likeness (QED) is 0.729. The molecule has 0 aromatic rings. The Balaban J connectivity index is 2.15. The fourth-order valence-corrected chi connectivity index (χ4v) is 2.64. The first-order valence-electron chi connectivity index (χ1n) is 6.41. The maximum Gasteiger partial charge on any atom is 0.331 e. The SMILES string of the molecule is CCCC1C(=O)NC(=O)N(C2CCN(C)C2)C1=O. The Morgan fingerprint density at radius 3 is 2.61 bits per heavy atom. The van der Waals surface area contributed by atoms with E-state index in [-0.39, 0.29) is 11.9 Å². The third-order valence-electron chi connectivity index (χ3n) is 3.61. The van der Waals surface area contributed by atoms with Crippen LogP contribution in [0.15, 0.2) is 0 Å². The molecule has 0 spiro atoms. The summed E-state index contributed by atoms with van der Waals surface area (Å²) in [6, 6.07) is -0.660. The van der Waals surface area contributed by atoms with Gasteiger partial charge in [-0.2, -0.15) is 0 Å². The minimum absolute atomic E-state index is 0.102. The molecule has 2 aliphatic heterocycles. The molecule has 2 aliphatic rings. The molecule has 100 valence electrons. The summed E-state index contributed by atoms with van der Waals surface area (Å²) in [6.45, 7) is 3.48. The number of urea groups is 1. The van der Waals surface area contributed by atoms with Crippen molar-refractivity contribution in [1.29, 1.82) is 0 Å². The van der Waals surface area contributed by atoms with Gasteiger partial charge in [0.2, 0.25) is 11.8 Å². The number of hydrogen-bond acceptors (Lipinski definition) is 4. The van der Waals surface area contributed by atoms with Crippen LogP contribution in [0.5, 0.6) is 0 Å². The Bertz CT molecular complexity index is 383. The lowest BCUT2D eigenvalue weighted by atomic mass is 9.98. The average molecular weight is 253 g/mol. The van der Waals surface area contributed by atoms with Gasteiger partial charge in [-0.1, -0.05) is 13.3 Å². The highest BCUT2D eigenvalue weighted by atomic mass is 16.2. The molecule has 0 bridgehead atoms. The molecule has 6 nitrogen and oxygen atoms in total. The second-order valence-electron chi connectivity index (χ2n) is 5.05. The number of rotatable bonds is 3. The van der Waals surface area contributed by atoms with Gasteiger partial charge in [-0.25, -0.2) is 4.79 Å². The predicted molar refractivity (Wildman–Crippen MR) is 64.7 cm³/mol. The lowest BCUT2D eigenvalue weighted by Crippen LogP contribution is -2.61. The topological polar surface area (TPSA) is 69.7 Å². The van der Waals surface area contributed by atoms with Crippen molar-refractivity contribution < 1.29 is 14.4 Å². The molecule has 4 amide bonds. The molecule has 0 aliphatic carbocycles. The number of imide groups is 2. The average Bonchev–Trinajstić information content (AvgIpc) is 2.70. The number of nitrogens with one attached hydrogen (secondary N) is 1. The van der Waals surface area contributed by atoms with E-state index in [1.807, 2.05) is 14.0 Å². The molecular formula is C12H19N3O3. The number of amides is 4. The van der Waals surface area contributed by atoms with Gasteiger partial charge in [-0.15, -0.1) is 0 Å². The van der Waals surface area contributed by atoms with Crippen molar-refractivity contribution in [3.63, 3.8) is 0 Å². The second-order valence-corrected chi connectivity index (χ2v) is 5.05. The van der Waals surface area contributed by atoms with Crippen molar-refractivity contribution in [2.75, 3.05) is 20.1 Å². The Kier molecular flexibility index (Phi) is 3.65. The van der Waals surface area contributed by atoms with Crippen molar-refractivity contribution in [3.8, 4) is 0 Å². The highest BCUT2D eigenvalue weighted by molar-refractivity contribution is 6.16. The van der Waals surface area contributed by atoms with Gasteiger partial charge >= 0.3 is 6.03 Å². The van der Waals surface area contributed by atoms with E-state index in [9.17, 15) is 14.4 Å². The van der Waals surface area contributed by atoms with Gasteiger partial charge in [-0.3, -0.25) is 19.8 Å². The zero-order valence-corrected chi connectivity index (χ0v) is 10.8. The van der Waals surface area contributed by atoms with Gasteiger partial charge in [0.1, 0.15) is 5.92 Å². The fourth-order valence-electron chi connectivity index (χ4n) is 2.64. The summed E-state index contributed by atoms with van der Waals surface area (Å²) < 4.78 is 0. The lowest BCUT2D eigenvalue weighted by molar-refractivity contribution is -0.144. The van der Waals surface area contributed by atoms with Gasteiger partial charge in [0, 0.05) is 6.54 Å². The number of carbonyl (C=O) groups excluding carboxylic acids is 3. The summed E-state index contributed by atoms with van der Waals surface area (Å²) in [4.78, 5) is 39.0. The molecule has 0 aromatic carbocycles. The second kappa shape index (κ2) is 5.06. The normalized spacial score (nSPS) is 29.9. The van der Waals surface area contributed by atoms with Crippen LogP contribution in [0.3, 0.4) is 0 Å². The monoisotopic (exact) mass is 253 g/mol. The highest BCUT2D eigenvalue weighted by Gasteiger charge is 2.44. The molecule has 0 radical (unpaired) electrons. The van der Waals surface area contributed by atoms with Crippen LogP contribution < -0.4 is 5.32 Å². The first-order chi connectivity index (χ1) is 8.54. The van der Waals surface area contributed by atoms with Gasteiger partial charge in [0.15, 0.2) is 0 Å². The summed E-state index contributed by atoms with van der Waals surface area (Å²) in [5, 5.41) is 2.30.